The molecule has 2 heterocycles. The molecule has 1 atom stereocenters. The van der Waals surface area contributed by atoms with E-state index in [1.807, 2.05) is 13.2 Å². The molecule has 0 radical (unpaired) electrons. The van der Waals surface area contributed by atoms with Crippen LogP contribution in [0.5, 0.6) is 5.75 Å². The summed E-state index contributed by atoms with van der Waals surface area (Å²) in [6, 6.07) is 3.28. The van der Waals surface area contributed by atoms with Crippen LogP contribution in [0.25, 0.3) is 0 Å². The molecule has 0 aliphatic carbocycles. The fourth-order valence-corrected chi connectivity index (χ4v) is 2.82. The van der Waals surface area contributed by atoms with Gasteiger partial charge in [-0.25, -0.2) is 4.39 Å². The Balaban J connectivity index is 1.74. The molecule has 0 saturated heterocycles. The Kier molecular flexibility index (Phi) is 4.62. The number of halogens is 1. The van der Waals surface area contributed by atoms with Gasteiger partial charge in [0.2, 0.25) is 0 Å². The third-order valence-electron chi connectivity index (χ3n) is 4.41. The number of aryl methyl sites for hydroxylation is 1. The minimum Gasteiger partial charge on any atom is -0.487 e. The van der Waals surface area contributed by atoms with Crippen molar-refractivity contribution in [3.05, 3.63) is 41.2 Å². The molecule has 1 aliphatic heterocycles. The lowest BCUT2D eigenvalue weighted by atomic mass is 10.0. The van der Waals surface area contributed by atoms with Crippen molar-refractivity contribution in [2.24, 2.45) is 7.05 Å². The maximum atomic E-state index is 14.1. The Hall–Kier alpha value is -2.61. The first-order valence-corrected chi connectivity index (χ1v) is 8.33. The van der Waals surface area contributed by atoms with E-state index in [-0.39, 0.29) is 25.6 Å². The third kappa shape index (κ3) is 3.65. The first-order valence-electron chi connectivity index (χ1n) is 8.33. The predicted octanol–water partition coefficient (Wildman–Crippen LogP) is 1.65. The Labute approximate surface area is 151 Å². The van der Waals surface area contributed by atoms with Crippen LogP contribution in [0.3, 0.4) is 0 Å². The SMILES string of the molecule is Cn1cc(COc2cc3c(cc2N)CN(CC(F)C(C)(C)O)C3=O)cn1. The summed E-state index contributed by atoms with van der Waals surface area (Å²) in [6.45, 7) is 3.13. The van der Waals surface area contributed by atoms with E-state index in [9.17, 15) is 14.3 Å². The summed E-state index contributed by atoms with van der Waals surface area (Å²) < 4.78 is 21.5. The van der Waals surface area contributed by atoms with Crippen molar-refractivity contribution in [2.45, 2.75) is 38.8 Å². The molecule has 7 nitrogen and oxygen atoms in total. The first-order chi connectivity index (χ1) is 12.1. The van der Waals surface area contributed by atoms with Crippen LogP contribution in [0.15, 0.2) is 24.5 Å². The molecule has 0 saturated carbocycles. The number of nitrogens with two attached hydrogens (primary N) is 1. The monoisotopic (exact) mass is 362 g/mol. The van der Waals surface area contributed by atoms with Crippen LogP contribution in [0, 0.1) is 0 Å². The molecule has 2 aromatic rings. The van der Waals surface area contributed by atoms with Gasteiger partial charge in [-0.05, 0) is 31.5 Å². The fraction of sp³-hybridized carbons (Fsp3) is 0.444. The Morgan fingerprint density at radius 3 is 2.81 bits per heavy atom. The van der Waals surface area contributed by atoms with Crippen LogP contribution in [0.2, 0.25) is 0 Å². The first kappa shape index (κ1) is 18.2. The van der Waals surface area contributed by atoms with Gasteiger partial charge in [0.15, 0.2) is 0 Å². The molecule has 0 bridgehead atoms. The van der Waals surface area contributed by atoms with Crippen LogP contribution in [0.4, 0.5) is 10.1 Å². The molecule has 8 heteroatoms. The Morgan fingerprint density at radius 2 is 2.19 bits per heavy atom. The lowest BCUT2D eigenvalue weighted by Gasteiger charge is -2.26. The largest absolute Gasteiger partial charge is 0.487 e. The molecule has 3 rings (SSSR count). The van der Waals surface area contributed by atoms with Crippen molar-refractivity contribution in [3.63, 3.8) is 0 Å². The molecular weight excluding hydrogens is 339 g/mol. The summed E-state index contributed by atoms with van der Waals surface area (Å²) in [5.41, 5.74) is 7.00. The summed E-state index contributed by atoms with van der Waals surface area (Å²) in [7, 11) is 1.81. The number of aliphatic hydroxyl groups is 1. The summed E-state index contributed by atoms with van der Waals surface area (Å²) in [6.07, 6.45) is 1.97. The van der Waals surface area contributed by atoms with Crippen LogP contribution >= 0.6 is 0 Å². The summed E-state index contributed by atoms with van der Waals surface area (Å²) in [5, 5.41) is 13.8. The van der Waals surface area contributed by atoms with Crippen molar-refractivity contribution in [2.75, 3.05) is 12.3 Å². The normalized spacial score (nSPS) is 15.3. The number of amides is 1. The molecule has 1 aromatic heterocycles. The zero-order valence-electron chi connectivity index (χ0n) is 15.1. The predicted molar refractivity (Wildman–Crippen MR) is 94.3 cm³/mol. The zero-order valence-corrected chi connectivity index (χ0v) is 15.1. The van der Waals surface area contributed by atoms with Crippen molar-refractivity contribution in [1.82, 2.24) is 14.7 Å². The van der Waals surface area contributed by atoms with Gasteiger partial charge in [0.05, 0.1) is 24.0 Å². The number of carbonyl (C=O) groups excluding carboxylic acids is 1. The van der Waals surface area contributed by atoms with Gasteiger partial charge in [-0.2, -0.15) is 5.10 Å². The molecular formula is C18H23FN4O3. The lowest BCUT2D eigenvalue weighted by molar-refractivity contribution is -0.0159. The number of carbonyl (C=O) groups is 1. The van der Waals surface area contributed by atoms with Gasteiger partial charge in [-0.15, -0.1) is 0 Å². The van der Waals surface area contributed by atoms with Gasteiger partial charge >= 0.3 is 0 Å². The fourth-order valence-electron chi connectivity index (χ4n) is 2.82. The molecule has 3 N–H and O–H groups in total. The van der Waals surface area contributed by atoms with E-state index in [2.05, 4.69) is 5.10 Å². The topological polar surface area (TPSA) is 93.6 Å². The number of hydrogen-bond donors (Lipinski definition) is 2. The number of ether oxygens (including phenoxy) is 1. The number of aromatic nitrogens is 2. The second-order valence-electron chi connectivity index (χ2n) is 7.16. The summed E-state index contributed by atoms with van der Waals surface area (Å²) in [5.74, 6) is 0.111. The second kappa shape index (κ2) is 6.60. The van der Waals surface area contributed by atoms with Crippen molar-refractivity contribution < 1.29 is 19.0 Å². The highest BCUT2D eigenvalue weighted by molar-refractivity contribution is 5.99. The van der Waals surface area contributed by atoms with Crippen molar-refractivity contribution >= 4 is 11.6 Å². The molecule has 0 spiro atoms. The van der Waals surface area contributed by atoms with Gasteiger partial charge in [-0.3, -0.25) is 9.48 Å². The van der Waals surface area contributed by atoms with E-state index in [0.717, 1.165) is 11.1 Å². The third-order valence-corrected chi connectivity index (χ3v) is 4.41. The number of anilines is 1. The van der Waals surface area contributed by atoms with Gasteiger partial charge in [0.1, 0.15) is 18.5 Å². The average molecular weight is 362 g/mol. The second-order valence-corrected chi connectivity index (χ2v) is 7.16. The quantitative estimate of drug-likeness (QED) is 0.762. The highest BCUT2D eigenvalue weighted by Crippen LogP contribution is 2.33. The number of nitrogen functional groups attached to an aromatic ring is 1. The molecule has 26 heavy (non-hydrogen) atoms. The summed E-state index contributed by atoms with van der Waals surface area (Å²) in [4.78, 5) is 13.9. The van der Waals surface area contributed by atoms with E-state index < -0.39 is 11.8 Å². The number of nitrogens with zero attached hydrogens (tertiary/aromatic N) is 3. The standard InChI is InChI=1S/C18H23FN4O3/c1-18(2,25)16(19)9-23-8-12-4-14(20)15(5-13(12)17(23)24)26-10-11-6-21-22(3)7-11/h4-7,16,25H,8-10,20H2,1-3H3. The van der Waals surface area contributed by atoms with E-state index >= 15 is 0 Å². The maximum Gasteiger partial charge on any atom is 0.254 e. The maximum absolute atomic E-state index is 14.1. The van der Waals surface area contributed by atoms with E-state index in [1.54, 1.807) is 23.0 Å². The smallest absolute Gasteiger partial charge is 0.254 e. The number of alkyl halides is 1. The van der Waals surface area contributed by atoms with Gasteiger partial charge in [-0.1, -0.05) is 0 Å². The van der Waals surface area contributed by atoms with E-state index in [4.69, 9.17) is 10.5 Å². The Bertz CT molecular complexity index is 828. The lowest BCUT2D eigenvalue weighted by Crippen LogP contribution is -2.42. The van der Waals surface area contributed by atoms with Crippen molar-refractivity contribution in [3.8, 4) is 5.75 Å². The van der Waals surface area contributed by atoms with Crippen molar-refractivity contribution in [1.29, 1.82) is 0 Å². The minimum absolute atomic E-state index is 0.178. The molecule has 140 valence electrons. The zero-order chi connectivity index (χ0) is 19.1. The van der Waals surface area contributed by atoms with Crippen LogP contribution < -0.4 is 10.5 Å². The molecule has 1 unspecified atom stereocenters. The number of rotatable bonds is 6. The molecule has 1 aliphatic rings. The molecule has 0 fully saturated rings. The van der Waals surface area contributed by atoms with E-state index in [1.165, 1.54) is 18.7 Å². The van der Waals surface area contributed by atoms with Crippen LogP contribution in [-0.4, -0.2) is 44.0 Å². The molecule has 1 amide bonds. The van der Waals surface area contributed by atoms with Crippen LogP contribution in [-0.2, 0) is 20.2 Å². The summed E-state index contributed by atoms with van der Waals surface area (Å²) >= 11 is 0. The number of fused-ring (bicyclic) bond motifs is 1. The highest BCUT2D eigenvalue weighted by Gasteiger charge is 2.35. The number of benzene rings is 1. The van der Waals surface area contributed by atoms with Gasteiger partial charge in [0.25, 0.3) is 5.91 Å². The Morgan fingerprint density at radius 1 is 1.46 bits per heavy atom. The van der Waals surface area contributed by atoms with Crippen LogP contribution in [0.1, 0.15) is 35.3 Å². The minimum atomic E-state index is -1.54. The van der Waals surface area contributed by atoms with E-state index in [0.29, 0.717) is 17.0 Å². The van der Waals surface area contributed by atoms with Gasteiger partial charge < -0.3 is 20.5 Å². The highest BCUT2D eigenvalue weighted by atomic mass is 19.1. The van der Waals surface area contributed by atoms with Gasteiger partial charge in [0, 0.05) is 30.9 Å². The molecule has 1 aromatic carbocycles. The average Bonchev–Trinajstić information content (AvgIpc) is 3.08. The number of hydrogen-bond acceptors (Lipinski definition) is 5.